The lowest BCUT2D eigenvalue weighted by molar-refractivity contribution is -0.106. The Balaban J connectivity index is 1.85. The second-order valence-electron chi connectivity index (χ2n) is 4.75. The summed E-state index contributed by atoms with van der Waals surface area (Å²) in [4.78, 5) is 2.14. The minimum atomic E-state index is -0.498. The number of halogens is 1. The molecule has 1 aromatic carbocycles. The van der Waals surface area contributed by atoms with Crippen LogP contribution in [0.4, 0.5) is 4.39 Å². The molecule has 2 nitrogen and oxygen atoms in total. The molecule has 0 aliphatic carbocycles. The van der Waals surface area contributed by atoms with E-state index in [1.165, 1.54) is 6.07 Å². The molecule has 1 aliphatic rings. The van der Waals surface area contributed by atoms with Crippen LogP contribution in [0, 0.1) is 5.82 Å². The Morgan fingerprint density at radius 1 is 1.44 bits per heavy atom. The molecular weight excluding hydrogens is 205 g/mol. The standard InChI is InChI=1S/C13H18FNO/c1-2-6-13(16)9-15(10-13)8-11-4-3-5-12(14)7-11/h3-5,7,16H,2,6,8-10H2,1H3. The topological polar surface area (TPSA) is 23.5 Å². The van der Waals surface area contributed by atoms with Crippen molar-refractivity contribution in [3.05, 3.63) is 35.6 Å². The van der Waals surface area contributed by atoms with Crippen molar-refractivity contribution in [3.63, 3.8) is 0 Å². The Labute approximate surface area is 95.7 Å². The van der Waals surface area contributed by atoms with Crippen molar-refractivity contribution >= 4 is 0 Å². The Hall–Kier alpha value is -0.930. The molecule has 1 saturated heterocycles. The van der Waals surface area contributed by atoms with E-state index in [1.54, 1.807) is 12.1 Å². The van der Waals surface area contributed by atoms with Crippen LogP contribution in [0.2, 0.25) is 0 Å². The molecule has 1 aliphatic heterocycles. The Bertz CT molecular complexity index is 361. The van der Waals surface area contributed by atoms with Crippen molar-refractivity contribution in [3.8, 4) is 0 Å². The van der Waals surface area contributed by atoms with Gasteiger partial charge in [0.15, 0.2) is 0 Å². The maximum Gasteiger partial charge on any atom is 0.123 e. The smallest absolute Gasteiger partial charge is 0.123 e. The van der Waals surface area contributed by atoms with Crippen molar-refractivity contribution in [2.75, 3.05) is 13.1 Å². The molecule has 0 atom stereocenters. The minimum Gasteiger partial charge on any atom is -0.387 e. The zero-order valence-electron chi connectivity index (χ0n) is 9.62. The minimum absolute atomic E-state index is 0.193. The van der Waals surface area contributed by atoms with E-state index >= 15 is 0 Å². The van der Waals surface area contributed by atoms with Crippen LogP contribution in [-0.4, -0.2) is 28.7 Å². The highest BCUT2D eigenvalue weighted by Crippen LogP contribution is 2.27. The van der Waals surface area contributed by atoms with Crippen LogP contribution in [0.5, 0.6) is 0 Å². The highest BCUT2D eigenvalue weighted by atomic mass is 19.1. The maximum absolute atomic E-state index is 12.9. The van der Waals surface area contributed by atoms with Gasteiger partial charge in [-0.15, -0.1) is 0 Å². The molecule has 0 aromatic heterocycles. The number of aliphatic hydroxyl groups is 1. The molecule has 0 unspecified atom stereocenters. The highest BCUT2D eigenvalue weighted by Gasteiger charge is 2.39. The molecule has 0 radical (unpaired) electrons. The second-order valence-corrected chi connectivity index (χ2v) is 4.75. The summed E-state index contributed by atoms with van der Waals surface area (Å²) in [6.45, 7) is 4.21. The van der Waals surface area contributed by atoms with Crippen molar-refractivity contribution < 1.29 is 9.50 Å². The van der Waals surface area contributed by atoms with Crippen LogP contribution in [-0.2, 0) is 6.54 Å². The van der Waals surface area contributed by atoms with Gasteiger partial charge < -0.3 is 5.11 Å². The molecule has 0 amide bonds. The number of hydrogen-bond acceptors (Lipinski definition) is 2. The fourth-order valence-electron chi connectivity index (χ4n) is 2.41. The molecule has 1 heterocycles. The Kier molecular flexibility index (Phi) is 3.26. The van der Waals surface area contributed by atoms with E-state index in [9.17, 15) is 9.50 Å². The van der Waals surface area contributed by atoms with Crippen LogP contribution in [0.15, 0.2) is 24.3 Å². The summed E-state index contributed by atoms with van der Waals surface area (Å²) in [5, 5.41) is 10.00. The Morgan fingerprint density at radius 3 is 2.81 bits per heavy atom. The van der Waals surface area contributed by atoms with Gasteiger partial charge in [0.05, 0.1) is 5.60 Å². The van der Waals surface area contributed by atoms with E-state index in [1.807, 2.05) is 6.07 Å². The first-order valence-electron chi connectivity index (χ1n) is 5.80. The molecule has 0 bridgehead atoms. The zero-order valence-corrected chi connectivity index (χ0v) is 9.62. The van der Waals surface area contributed by atoms with E-state index in [2.05, 4.69) is 11.8 Å². The molecule has 0 saturated carbocycles. The Morgan fingerprint density at radius 2 is 2.19 bits per heavy atom. The summed E-state index contributed by atoms with van der Waals surface area (Å²) < 4.78 is 12.9. The third-order valence-corrected chi connectivity index (χ3v) is 3.05. The van der Waals surface area contributed by atoms with Crippen molar-refractivity contribution in [2.24, 2.45) is 0 Å². The fraction of sp³-hybridized carbons (Fsp3) is 0.538. The van der Waals surface area contributed by atoms with Gasteiger partial charge in [-0.25, -0.2) is 4.39 Å². The van der Waals surface area contributed by atoms with E-state index in [0.717, 1.165) is 24.9 Å². The molecule has 2 rings (SSSR count). The largest absolute Gasteiger partial charge is 0.387 e. The van der Waals surface area contributed by atoms with Crippen molar-refractivity contribution in [1.82, 2.24) is 4.90 Å². The molecule has 0 spiro atoms. The van der Waals surface area contributed by atoms with Gasteiger partial charge in [0, 0.05) is 19.6 Å². The predicted octanol–water partition coefficient (Wildman–Crippen LogP) is 2.17. The quantitative estimate of drug-likeness (QED) is 0.845. The molecule has 3 heteroatoms. The first-order valence-corrected chi connectivity index (χ1v) is 5.80. The maximum atomic E-state index is 12.9. The van der Waals surface area contributed by atoms with Crippen molar-refractivity contribution in [2.45, 2.75) is 31.9 Å². The molecule has 1 fully saturated rings. The number of rotatable bonds is 4. The number of benzene rings is 1. The summed E-state index contributed by atoms with van der Waals surface area (Å²) in [5.74, 6) is -0.193. The van der Waals surface area contributed by atoms with Gasteiger partial charge in [0.25, 0.3) is 0 Å². The summed E-state index contributed by atoms with van der Waals surface area (Å²) in [5.41, 5.74) is 0.473. The van der Waals surface area contributed by atoms with Gasteiger partial charge >= 0.3 is 0 Å². The summed E-state index contributed by atoms with van der Waals surface area (Å²) in [7, 11) is 0. The van der Waals surface area contributed by atoms with Gasteiger partial charge in [-0.2, -0.15) is 0 Å². The molecule has 1 aromatic rings. The van der Waals surface area contributed by atoms with E-state index in [-0.39, 0.29) is 5.82 Å². The van der Waals surface area contributed by atoms with Crippen LogP contribution in [0.1, 0.15) is 25.3 Å². The fourth-order valence-corrected chi connectivity index (χ4v) is 2.41. The zero-order chi connectivity index (χ0) is 11.6. The van der Waals surface area contributed by atoms with Gasteiger partial charge in [0.2, 0.25) is 0 Å². The van der Waals surface area contributed by atoms with Crippen molar-refractivity contribution in [1.29, 1.82) is 0 Å². The van der Waals surface area contributed by atoms with Gasteiger partial charge in [-0.05, 0) is 24.1 Å². The van der Waals surface area contributed by atoms with Gasteiger partial charge in [0.1, 0.15) is 5.82 Å². The first kappa shape index (κ1) is 11.6. The molecular formula is C13H18FNO. The lowest BCUT2D eigenvalue weighted by Crippen LogP contribution is -2.60. The van der Waals surface area contributed by atoms with Crippen LogP contribution >= 0.6 is 0 Å². The van der Waals surface area contributed by atoms with Crippen LogP contribution in [0.3, 0.4) is 0 Å². The number of β-amino-alcohol motifs (C(OH)–C–C–N with tert-alkyl or cyclic N) is 1. The summed E-state index contributed by atoms with van der Waals surface area (Å²) in [6.07, 6.45) is 1.86. The molecule has 1 N–H and O–H groups in total. The SMILES string of the molecule is CCCC1(O)CN(Cc2cccc(F)c2)C1. The molecule has 16 heavy (non-hydrogen) atoms. The lowest BCUT2D eigenvalue weighted by atomic mass is 9.89. The second kappa shape index (κ2) is 4.52. The first-order chi connectivity index (χ1) is 7.61. The third-order valence-electron chi connectivity index (χ3n) is 3.05. The average molecular weight is 223 g/mol. The van der Waals surface area contributed by atoms with Gasteiger partial charge in [-0.3, -0.25) is 4.90 Å². The lowest BCUT2D eigenvalue weighted by Gasteiger charge is -2.46. The van der Waals surface area contributed by atoms with Gasteiger partial charge in [-0.1, -0.05) is 25.5 Å². The average Bonchev–Trinajstić information content (AvgIpc) is 2.15. The van der Waals surface area contributed by atoms with Crippen LogP contribution in [0.25, 0.3) is 0 Å². The van der Waals surface area contributed by atoms with E-state index < -0.39 is 5.60 Å². The van der Waals surface area contributed by atoms with E-state index in [0.29, 0.717) is 13.1 Å². The number of likely N-dealkylation sites (tertiary alicyclic amines) is 1. The van der Waals surface area contributed by atoms with Crippen LogP contribution < -0.4 is 0 Å². The highest BCUT2D eigenvalue weighted by molar-refractivity contribution is 5.17. The third kappa shape index (κ3) is 2.60. The number of nitrogens with zero attached hydrogens (tertiary/aromatic N) is 1. The number of hydrogen-bond donors (Lipinski definition) is 1. The monoisotopic (exact) mass is 223 g/mol. The predicted molar refractivity (Wildman–Crippen MR) is 61.5 cm³/mol. The normalized spacial score (nSPS) is 19.4. The summed E-state index contributed by atoms with van der Waals surface area (Å²) >= 11 is 0. The van der Waals surface area contributed by atoms with E-state index in [4.69, 9.17) is 0 Å². The molecule has 88 valence electrons. The summed E-state index contributed by atoms with van der Waals surface area (Å²) in [6, 6.07) is 6.65.